The molecule has 20 heavy (non-hydrogen) atoms. The molecular weight excluding hydrogens is 347 g/mol. The SMILES string of the molecule is CCCN(CC1CC1)S(=O)(=O)c1cc(N)cc(Br)c1F. The van der Waals surface area contributed by atoms with Crippen molar-refractivity contribution in [1.29, 1.82) is 0 Å². The molecule has 1 saturated carbocycles. The average molecular weight is 365 g/mol. The monoisotopic (exact) mass is 364 g/mol. The number of nitrogens with two attached hydrogens (primary N) is 1. The molecule has 0 unspecified atom stereocenters. The maximum atomic E-state index is 14.1. The summed E-state index contributed by atoms with van der Waals surface area (Å²) < 4.78 is 40.8. The van der Waals surface area contributed by atoms with Crippen LogP contribution in [0.4, 0.5) is 10.1 Å². The lowest BCUT2D eigenvalue weighted by Gasteiger charge is -2.22. The molecule has 7 heteroatoms. The van der Waals surface area contributed by atoms with Gasteiger partial charge in [0.1, 0.15) is 4.90 Å². The molecule has 1 fully saturated rings. The molecule has 0 saturated heterocycles. The molecule has 1 aliphatic carbocycles. The number of hydrogen-bond donors (Lipinski definition) is 1. The van der Waals surface area contributed by atoms with Gasteiger partial charge in [-0.1, -0.05) is 6.92 Å². The molecule has 0 atom stereocenters. The summed E-state index contributed by atoms with van der Waals surface area (Å²) in [5.41, 5.74) is 5.86. The third-order valence-corrected chi connectivity index (χ3v) is 5.71. The smallest absolute Gasteiger partial charge is 0.246 e. The number of hydrogen-bond acceptors (Lipinski definition) is 3. The third kappa shape index (κ3) is 3.32. The summed E-state index contributed by atoms with van der Waals surface area (Å²) in [5.74, 6) is -0.375. The molecule has 1 aromatic rings. The van der Waals surface area contributed by atoms with Gasteiger partial charge in [-0.15, -0.1) is 0 Å². The molecule has 2 rings (SSSR count). The van der Waals surface area contributed by atoms with Crippen LogP contribution in [0, 0.1) is 11.7 Å². The molecule has 0 bridgehead atoms. The van der Waals surface area contributed by atoms with Crippen LogP contribution in [-0.4, -0.2) is 25.8 Å². The highest BCUT2D eigenvalue weighted by atomic mass is 79.9. The summed E-state index contributed by atoms with van der Waals surface area (Å²) in [6, 6.07) is 2.55. The zero-order valence-corrected chi connectivity index (χ0v) is 13.7. The van der Waals surface area contributed by atoms with Gasteiger partial charge >= 0.3 is 0 Å². The van der Waals surface area contributed by atoms with Gasteiger partial charge in [0.05, 0.1) is 4.47 Å². The van der Waals surface area contributed by atoms with E-state index in [0.717, 1.165) is 12.8 Å². The summed E-state index contributed by atoms with van der Waals surface area (Å²) in [7, 11) is -3.85. The van der Waals surface area contributed by atoms with Crippen LogP contribution in [0.5, 0.6) is 0 Å². The Balaban J connectivity index is 2.40. The normalized spacial score (nSPS) is 15.8. The summed E-state index contributed by atoms with van der Waals surface area (Å²) in [6.07, 6.45) is 2.77. The van der Waals surface area contributed by atoms with E-state index in [1.807, 2.05) is 6.92 Å². The first-order chi connectivity index (χ1) is 9.36. The maximum Gasteiger partial charge on any atom is 0.246 e. The van der Waals surface area contributed by atoms with Crippen molar-refractivity contribution >= 4 is 31.6 Å². The fourth-order valence-corrected chi connectivity index (χ4v) is 4.40. The minimum absolute atomic E-state index is 0.0685. The average Bonchev–Trinajstić information content (AvgIpc) is 3.17. The van der Waals surface area contributed by atoms with Gasteiger partial charge in [0, 0.05) is 18.8 Å². The molecule has 0 aliphatic heterocycles. The first-order valence-electron chi connectivity index (χ1n) is 6.61. The van der Waals surface area contributed by atoms with Crippen molar-refractivity contribution in [3.05, 3.63) is 22.4 Å². The van der Waals surface area contributed by atoms with E-state index in [1.54, 1.807) is 0 Å². The van der Waals surface area contributed by atoms with Crippen LogP contribution in [0.15, 0.2) is 21.5 Å². The molecule has 4 nitrogen and oxygen atoms in total. The van der Waals surface area contributed by atoms with Crippen molar-refractivity contribution in [1.82, 2.24) is 4.31 Å². The van der Waals surface area contributed by atoms with E-state index in [2.05, 4.69) is 15.9 Å². The van der Waals surface area contributed by atoms with E-state index in [1.165, 1.54) is 16.4 Å². The first-order valence-corrected chi connectivity index (χ1v) is 8.84. The standard InChI is InChI=1S/C13H18BrFN2O2S/c1-2-5-17(8-9-3-4-9)20(18,19)12-7-10(16)6-11(14)13(12)15/h6-7,9H,2-5,8,16H2,1H3. The highest BCUT2D eigenvalue weighted by Crippen LogP contribution is 2.33. The molecular formula is C13H18BrFN2O2S. The highest BCUT2D eigenvalue weighted by Gasteiger charge is 2.33. The molecule has 0 amide bonds. The first kappa shape index (κ1) is 15.7. The van der Waals surface area contributed by atoms with Gasteiger partial charge in [-0.3, -0.25) is 0 Å². The minimum atomic E-state index is -3.85. The van der Waals surface area contributed by atoms with Gasteiger partial charge in [-0.05, 0) is 53.2 Å². The molecule has 0 spiro atoms. The van der Waals surface area contributed by atoms with Crippen molar-refractivity contribution in [3.8, 4) is 0 Å². The Morgan fingerprint density at radius 2 is 2.10 bits per heavy atom. The van der Waals surface area contributed by atoms with Crippen LogP contribution in [0.2, 0.25) is 0 Å². The van der Waals surface area contributed by atoms with Crippen molar-refractivity contribution < 1.29 is 12.8 Å². The molecule has 112 valence electrons. The van der Waals surface area contributed by atoms with Crippen LogP contribution in [0.1, 0.15) is 26.2 Å². The molecule has 2 N–H and O–H groups in total. The summed E-state index contributed by atoms with van der Waals surface area (Å²) in [4.78, 5) is -0.349. The summed E-state index contributed by atoms with van der Waals surface area (Å²) in [6.45, 7) is 2.76. The minimum Gasteiger partial charge on any atom is -0.399 e. The van der Waals surface area contributed by atoms with Gasteiger partial charge in [0.15, 0.2) is 5.82 Å². The van der Waals surface area contributed by atoms with Crippen molar-refractivity contribution in [2.45, 2.75) is 31.1 Å². The molecule has 1 aromatic carbocycles. The van der Waals surface area contributed by atoms with Crippen molar-refractivity contribution in [2.75, 3.05) is 18.8 Å². The Morgan fingerprint density at radius 1 is 1.45 bits per heavy atom. The van der Waals surface area contributed by atoms with Crippen molar-refractivity contribution in [2.24, 2.45) is 5.92 Å². The Bertz CT molecular complexity index is 603. The zero-order valence-electron chi connectivity index (χ0n) is 11.3. The predicted molar refractivity (Wildman–Crippen MR) is 80.3 cm³/mol. The Morgan fingerprint density at radius 3 is 2.65 bits per heavy atom. The van der Waals surface area contributed by atoms with Crippen LogP contribution in [0.25, 0.3) is 0 Å². The molecule has 0 aromatic heterocycles. The van der Waals surface area contributed by atoms with Gasteiger partial charge in [0.2, 0.25) is 10.0 Å². The number of rotatable bonds is 6. The van der Waals surface area contributed by atoms with Crippen molar-refractivity contribution in [3.63, 3.8) is 0 Å². The zero-order chi connectivity index (χ0) is 14.9. The van der Waals surface area contributed by atoms with Crippen LogP contribution in [-0.2, 0) is 10.0 Å². The Kier molecular flexibility index (Phi) is 4.71. The lowest BCUT2D eigenvalue weighted by atomic mass is 10.3. The molecule has 1 aliphatic rings. The van der Waals surface area contributed by atoms with E-state index < -0.39 is 15.8 Å². The van der Waals surface area contributed by atoms with Crippen LogP contribution >= 0.6 is 15.9 Å². The molecule has 0 radical (unpaired) electrons. The van der Waals surface area contributed by atoms with Gasteiger partial charge in [-0.25, -0.2) is 12.8 Å². The van der Waals surface area contributed by atoms with E-state index in [0.29, 0.717) is 25.4 Å². The number of benzene rings is 1. The highest BCUT2D eigenvalue weighted by molar-refractivity contribution is 9.10. The molecule has 0 heterocycles. The number of sulfonamides is 1. The van der Waals surface area contributed by atoms with Gasteiger partial charge in [-0.2, -0.15) is 4.31 Å². The number of nitrogens with zero attached hydrogens (tertiary/aromatic N) is 1. The van der Waals surface area contributed by atoms with Crippen LogP contribution in [0.3, 0.4) is 0 Å². The topological polar surface area (TPSA) is 63.4 Å². The second kappa shape index (κ2) is 5.99. The predicted octanol–water partition coefficient (Wildman–Crippen LogP) is 2.98. The number of nitrogen functional groups attached to an aromatic ring is 1. The number of anilines is 1. The van der Waals surface area contributed by atoms with E-state index in [-0.39, 0.29) is 15.1 Å². The van der Waals surface area contributed by atoms with Crippen LogP contribution < -0.4 is 5.73 Å². The van der Waals surface area contributed by atoms with Gasteiger partial charge < -0.3 is 5.73 Å². The second-order valence-corrected chi connectivity index (χ2v) is 7.88. The fraction of sp³-hybridized carbons (Fsp3) is 0.538. The van der Waals surface area contributed by atoms with E-state index >= 15 is 0 Å². The fourth-order valence-electron chi connectivity index (χ4n) is 2.06. The third-order valence-electron chi connectivity index (χ3n) is 3.27. The lowest BCUT2D eigenvalue weighted by molar-refractivity contribution is 0.392. The van der Waals surface area contributed by atoms with E-state index in [9.17, 15) is 12.8 Å². The largest absolute Gasteiger partial charge is 0.399 e. The van der Waals surface area contributed by atoms with Gasteiger partial charge in [0.25, 0.3) is 0 Å². The Labute approximate surface area is 127 Å². The van der Waals surface area contributed by atoms with E-state index in [4.69, 9.17) is 5.73 Å². The summed E-state index contributed by atoms with van der Waals surface area (Å²) in [5, 5.41) is 0. The summed E-state index contributed by atoms with van der Waals surface area (Å²) >= 11 is 3.00. The maximum absolute atomic E-state index is 14.1. The lowest BCUT2D eigenvalue weighted by Crippen LogP contribution is -2.34. The number of halogens is 2. The Hall–Kier alpha value is -0.660. The second-order valence-electron chi connectivity index (χ2n) is 5.12. The quantitative estimate of drug-likeness (QED) is 0.789.